The Labute approximate surface area is 99.8 Å². The third-order valence-corrected chi connectivity index (χ3v) is 1.48. The van der Waals surface area contributed by atoms with Crippen molar-refractivity contribution in [3.63, 3.8) is 0 Å². The van der Waals surface area contributed by atoms with Gasteiger partial charge >= 0.3 is 0 Å². The molecule has 0 saturated heterocycles. The van der Waals surface area contributed by atoms with E-state index in [4.69, 9.17) is 9.62 Å². The highest BCUT2D eigenvalue weighted by atomic mass is 17.2. The Kier molecular flexibility index (Phi) is 11.0. The summed E-state index contributed by atoms with van der Waals surface area (Å²) in [5.74, 6) is -0.265. The van der Waals surface area contributed by atoms with Crippen LogP contribution in [0.4, 0.5) is 0 Å². The Balaban J connectivity index is 3.19. The molecule has 0 unspecified atom stereocenters. The zero-order chi connectivity index (χ0) is 12.9. The maximum absolute atomic E-state index is 11.1. The summed E-state index contributed by atoms with van der Waals surface area (Å²) in [5.41, 5.74) is 0. The van der Waals surface area contributed by atoms with Crippen LogP contribution in [0, 0.1) is 0 Å². The lowest BCUT2D eigenvalue weighted by Gasteiger charge is -2.03. The van der Waals surface area contributed by atoms with E-state index in [2.05, 4.69) is 14.7 Å². The molecule has 0 amide bonds. The molecule has 17 heavy (non-hydrogen) atoms. The van der Waals surface area contributed by atoms with E-state index in [1.54, 1.807) is 0 Å². The number of hydrogen-bond donors (Lipinski definition) is 0. The van der Waals surface area contributed by atoms with E-state index in [9.17, 15) is 9.59 Å². The van der Waals surface area contributed by atoms with Crippen molar-refractivity contribution in [1.29, 1.82) is 0 Å². The molecule has 0 bridgehead atoms. The van der Waals surface area contributed by atoms with Gasteiger partial charge in [0, 0.05) is 6.42 Å². The predicted molar refractivity (Wildman–Crippen MR) is 56.0 cm³/mol. The molecule has 0 aliphatic rings. The summed E-state index contributed by atoms with van der Waals surface area (Å²) >= 11 is 0. The molecule has 100 valence electrons. The standard InChI is InChI=1S/C10H18O7/c1-9(11)7-14-8-10(12)3-4-16-17-6-5-15-13-2/h3-8H2,1-2H3. The number of ketones is 2. The molecule has 0 aliphatic carbocycles. The van der Waals surface area contributed by atoms with Gasteiger partial charge in [-0.25, -0.2) is 19.6 Å². The van der Waals surface area contributed by atoms with Crippen LogP contribution in [0.3, 0.4) is 0 Å². The summed E-state index contributed by atoms with van der Waals surface area (Å²) in [6.45, 7) is 1.85. The highest BCUT2D eigenvalue weighted by molar-refractivity contribution is 5.80. The first-order valence-corrected chi connectivity index (χ1v) is 5.15. The van der Waals surface area contributed by atoms with Crippen molar-refractivity contribution >= 4 is 11.6 Å². The molecule has 0 aromatic carbocycles. The van der Waals surface area contributed by atoms with Crippen molar-refractivity contribution in [3.05, 3.63) is 0 Å². The van der Waals surface area contributed by atoms with Gasteiger partial charge in [0.15, 0.2) is 11.6 Å². The second-order valence-corrected chi connectivity index (χ2v) is 3.12. The largest absolute Gasteiger partial charge is 0.366 e. The minimum atomic E-state index is -0.150. The average Bonchev–Trinajstić information content (AvgIpc) is 2.27. The molecule has 0 N–H and O–H groups in total. The van der Waals surface area contributed by atoms with Crippen LogP contribution in [-0.2, 0) is 33.9 Å². The molecule has 0 radical (unpaired) electrons. The zero-order valence-electron chi connectivity index (χ0n) is 10.1. The number of carbonyl (C=O) groups excluding carboxylic acids is 2. The second-order valence-electron chi connectivity index (χ2n) is 3.12. The summed E-state index contributed by atoms with van der Waals surface area (Å²) < 4.78 is 4.84. The van der Waals surface area contributed by atoms with Gasteiger partial charge in [-0.15, -0.1) is 0 Å². The van der Waals surface area contributed by atoms with E-state index in [0.717, 1.165) is 0 Å². The Morgan fingerprint density at radius 2 is 1.59 bits per heavy atom. The Morgan fingerprint density at radius 3 is 2.24 bits per heavy atom. The number of Topliss-reactive ketones (excluding diaryl/α,β-unsaturated/α-hetero) is 2. The molecular formula is C10H18O7. The van der Waals surface area contributed by atoms with Gasteiger partial charge < -0.3 is 4.74 Å². The first-order valence-electron chi connectivity index (χ1n) is 5.15. The number of ether oxygens (including phenoxy) is 1. The topological polar surface area (TPSA) is 80.3 Å². The van der Waals surface area contributed by atoms with Gasteiger partial charge in [0.1, 0.15) is 26.4 Å². The van der Waals surface area contributed by atoms with E-state index < -0.39 is 0 Å². The first-order chi connectivity index (χ1) is 8.16. The average molecular weight is 250 g/mol. The quantitative estimate of drug-likeness (QED) is 0.275. The smallest absolute Gasteiger partial charge is 0.160 e. The first kappa shape index (κ1) is 16.1. The molecule has 0 spiro atoms. The Morgan fingerprint density at radius 1 is 0.941 bits per heavy atom. The number of carbonyl (C=O) groups is 2. The maximum Gasteiger partial charge on any atom is 0.160 e. The van der Waals surface area contributed by atoms with Crippen LogP contribution in [0.15, 0.2) is 0 Å². The van der Waals surface area contributed by atoms with Crippen molar-refractivity contribution in [2.75, 3.05) is 40.1 Å². The third kappa shape index (κ3) is 13.1. The van der Waals surface area contributed by atoms with Crippen molar-refractivity contribution in [2.45, 2.75) is 13.3 Å². The Bertz CT molecular complexity index is 217. The highest BCUT2D eigenvalue weighted by Gasteiger charge is 2.03. The highest BCUT2D eigenvalue weighted by Crippen LogP contribution is 1.89. The van der Waals surface area contributed by atoms with Crippen LogP contribution >= 0.6 is 0 Å². The summed E-state index contributed by atoms with van der Waals surface area (Å²) in [7, 11) is 1.39. The van der Waals surface area contributed by atoms with Gasteiger partial charge in [-0.3, -0.25) is 9.59 Å². The minimum absolute atomic E-state index is 0.0442. The van der Waals surface area contributed by atoms with Gasteiger partial charge in [-0.05, 0) is 6.92 Å². The minimum Gasteiger partial charge on any atom is -0.366 e. The van der Waals surface area contributed by atoms with E-state index in [-0.39, 0.29) is 51.0 Å². The van der Waals surface area contributed by atoms with E-state index in [1.165, 1.54) is 14.0 Å². The van der Waals surface area contributed by atoms with Gasteiger partial charge in [-0.1, -0.05) is 0 Å². The zero-order valence-corrected chi connectivity index (χ0v) is 10.1. The predicted octanol–water partition coefficient (Wildman–Crippen LogP) is 0.0774. The van der Waals surface area contributed by atoms with Crippen LogP contribution in [-0.4, -0.2) is 51.7 Å². The molecule has 7 nitrogen and oxygen atoms in total. The second kappa shape index (κ2) is 11.6. The SMILES string of the molecule is COOCCOOCCC(=O)COCC(C)=O. The van der Waals surface area contributed by atoms with Crippen LogP contribution in [0.5, 0.6) is 0 Å². The van der Waals surface area contributed by atoms with Crippen LogP contribution < -0.4 is 0 Å². The molecule has 0 atom stereocenters. The summed E-state index contributed by atoms with van der Waals surface area (Å²) in [4.78, 5) is 39.9. The molecule has 0 fully saturated rings. The fraction of sp³-hybridized carbons (Fsp3) is 0.800. The number of rotatable bonds is 12. The Hall–Kier alpha value is -0.860. The summed E-state index contributed by atoms with van der Waals surface area (Å²) in [6.07, 6.45) is 0.170. The van der Waals surface area contributed by atoms with Crippen LogP contribution in [0.2, 0.25) is 0 Å². The lowest BCUT2D eigenvalue weighted by Crippen LogP contribution is -2.15. The fourth-order valence-electron chi connectivity index (χ4n) is 0.805. The molecule has 0 rings (SSSR count). The lowest BCUT2D eigenvalue weighted by molar-refractivity contribution is -0.331. The van der Waals surface area contributed by atoms with Gasteiger partial charge in [0.25, 0.3) is 0 Å². The summed E-state index contributed by atoms with van der Waals surface area (Å²) in [6, 6.07) is 0. The third-order valence-electron chi connectivity index (χ3n) is 1.48. The van der Waals surface area contributed by atoms with E-state index >= 15 is 0 Å². The lowest BCUT2D eigenvalue weighted by atomic mass is 10.3. The fourth-order valence-corrected chi connectivity index (χ4v) is 0.805. The molecule has 0 heterocycles. The van der Waals surface area contributed by atoms with E-state index in [1.807, 2.05) is 0 Å². The monoisotopic (exact) mass is 250 g/mol. The molecule has 7 heteroatoms. The van der Waals surface area contributed by atoms with Crippen LogP contribution in [0.25, 0.3) is 0 Å². The van der Waals surface area contributed by atoms with Crippen LogP contribution in [0.1, 0.15) is 13.3 Å². The van der Waals surface area contributed by atoms with Crippen molar-refractivity contribution in [3.8, 4) is 0 Å². The van der Waals surface area contributed by atoms with Crippen molar-refractivity contribution in [1.82, 2.24) is 0 Å². The molecule has 0 aliphatic heterocycles. The molecular weight excluding hydrogens is 232 g/mol. The normalized spacial score (nSPS) is 10.5. The molecule has 0 aromatic rings. The van der Waals surface area contributed by atoms with Gasteiger partial charge in [-0.2, -0.15) is 0 Å². The van der Waals surface area contributed by atoms with Crippen molar-refractivity contribution in [2.24, 2.45) is 0 Å². The van der Waals surface area contributed by atoms with Gasteiger partial charge in [0.05, 0.1) is 13.7 Å². The number of hydrogen-bond acceptors (Lipinski definition) is 7. The molecule has 0 saturated carbocycles. The van der Waals surface area contributed by atoms with Gasteiger partial charge in [0.2, 0.25) is 0 Å². The van der Waals surface area contributed by atoms with E-state index in [0.29, 0.717) is 0 Å². The van der Waals surface area contributed by atoms with Crippen molar-refractivity contribution < 1.29 is 33.9 Å². The molecule has 0 aromatic heterocycles. The summed E-state index contributed by atoms with van der Waals surface area (Å²) in [5, 5.41) is 0. The maximum atomic E-state index is 11.1.